The molecule has 7 nitrogen and oxygen atoms in total. The smallest absolute Gasteiger partial charge is 0.223 e. The molecule has 0 atom stereocenters. The highest BCUT2D eigenvalue weighted by molar-refractivity contribution is 5.80. The van der Waals surface area contributed by atoms with Crippen LogP contribution in [0.25, 0.3) is 11.0 Å². The Morgan fingerprint density at radius 3 is 2.42 bits per heavy atom. The lowest BCUT2D eigenvalue weighted by Gasteiger charge is -2.32. The number of methoxy groups -OCH3 is 2. The van der Waals surface area contributed by atoms with Crippen LogP contribution >= 0.6 is 0 Å². The van der Waals surface area contributed by atoms with Gasteiger partial charge in [0.1, 0.15) is 11.5 Å². The average molecular weight is 423 g/mol. The summed E-state index contributed by atoms with van der Waals surface area (Å²) in [5.74, 6) is 2.56. The number of fused-ring (bicyclic) bond motifs is 1. The minimum atomic E-state index is 0.0169. The molecule has 7 heteroatoms. The first-order valence-electron chi connectivity index (χ1n) is 10.8. The lowest BCUT2D eigenvalue weighted by Crippen LogP contribution is -2.41. The molecule has 1 fully saturated rings. The normalized spacial score (nSPS) is 14.6. The Morgan fingerprint density at radius 2 is 1.77 bits per heavy atom. The molecule has 3 aromatic rings. The number of carbonyl (C=O) groups is 1. The van der Waals surface area contributed by atoms with Gasteiger partial charge in [-0.2, -0.15) is 0 Å². The molecular weight excluding hydrogens is 392 g/mol. The summed E-state index contributed by atoms with van der Waals surface area (Å²) in [6.07, 6.45) is 1.64. The van der Waals surface area contributed by atoms with Crippen LogP contribution in [-0.2, 0) is 17.9 Å². The minimum absolute atomic E-state index is 0.0169. The largest absolute Gasteiger partial charge is 0.497 e. The van der Waals surface area contributed by atoms with Crippen LogP contribution in [0, 0.1) is 5.92 Å². The van der Waals surface area contributed by atoms with E-state index >= 15 is 0 Å². The maximum atomic E-state index is 12.8. The number of carbonyl (C=O) groups excluding carboxylic acids is 1. The average Bonchev–Trinajstić information content (AvgIpc) is 3.21. The van der Waals surface area contributed by atoms with Crippen molar-refractivity contribution in [2.75, 3.05) is 32.2 Å². The highest BCUT2D eigenvalue weighted by Gasteiger charge is 2.27. The number of ether oxygens (including phenoxy) is 2. The summed E-state index contributed by atoms with van der Waals surface area (Å²) in [5.41, 5.74) is 3.14. The van der Waals surface area contributed by atoms with E-state index in [9.17, 15) is 4.79 Å². The van der Waals surface area contributed by atoms with Gasteiger partial charge in [0.25, 0.3) is 0 Å². The number of aromatic nitrogens is 2. The topological polar surface area (TPSA) is 68.6 Å². The zero-order valence-corrected chi connectivity index (χ0v) is 18.4. The number of nitrogens with one attached hydrogen (secondary N) is 1. The Kier molecular flexibility index (Phi) is 6.30. The van der Waals surface area contributed by atoms with Crippen molar-refractivity contribution in [3.05, 3.63) is 48.0 Å². The zero-order valence-electron chi connectivity index (χ0n) is 18.4. The standard InChI is InChI=1S/C24H30N4O3/c1-4-28-22-8-6-5-7-21(22)26-24(28)27-11-9-18(10-12-27)23(29)25-16-17-13-19(30-2)15-20(14-17)31-3/h5-8,13-15,18H,4,9-12,16H2,1-3H3,(H,25,29). The zero-order chi connectivity index (χ0) is 21.8. The first-order chi connectivity index (χ1) is 15.1. The predicted octanol–water partition coefficient (Wildman–Crippen LogP) is 3.61. The van der Waals surface area contributed by atoms with Crippen LogP contribution in [0.15, 0.2) is 42.5 Å². The summed E-state index contributed by atoms with van der Waals surface area (Å²) in [5, 5.41) is 3.08. The predicted molar refractivity (Wildman–Crippen MR) is 122 cm³/mol. The van der Waals surface area contributed by atoms with Crippen molar-refractivity contribution >= 4 is 22.9 Å². The number of hydrogen-bond donors (Lipinski definition) is 1. The number of piperidine rings is 1. The van der Waals surface area contributed by atoms with Crippen molar-refractivity contribution in [1.82, 2.24) is 14.9 Å². The third-order valence-corrected chi connectivity index (χ3v) is 5.98. The van der Waals surface area contributed by atoms with Gasteiger partial charge in [-0.15, -0.1) is 0 Å². The van der Waals surface area contributed by atoms with E-state index in [1.807, 2.05) is 24.3 Å². The number of para-hydroxylation sites is 2. The third kappa shape index (κ3) is 4.45. The van der Waals surface area contributed by atoms with Gasteiger partial charge in [0, 0.05) is 38.2 Å². The summed E-state index contributed by atoms with van der Waals surface area (Å²) in [7, 11) is 3.25. The number of amides is 1. The van der Waals surface area contributed by atoms with Crippen LogP contribution in [0.5, 0.6) is 11.5 Å². The Morgan fingerprint density at radius 1 is 1.10 bits per heavy atom. The molecule has 1 aliphatic rings. The van der Waals surface area contributed by atoms with Crippen LogP contribution in [0.1, 0.15) is 25.3 Å². The molecule has 1 amide bonds. The van der Waals surface area contributed by atoms with Crippen LogP contribution in [0.2, 0.25) is 0 Å². The quantitative estimate of drug-likeness (QED) is 0.630. The first kappa shape index (κ1) is 21.0. The molecule has 1 aromatic heterocycles. The van der Waals surface area contributed by atoms with E-state index in [1.165, 1.54) is 0 Å². The molecule has 4 rings (SSSR count). The lowest BCUT2D eigenvalue weighted by molar-refractivity contribution is -0.125. The number of nitrogens with zero attached hydrogens (tertiary/aromatic N) is 3. The number of anilines is 1. The highest BCUT2D eigenvalue weighted by atomic mass is 16.5. The van der Waals surface area contributed by atoms with Gasteiger partial charge >= 0.3 is 0 Å². The van der Waals surface area contributed by atoms with Gasteiger partial charge in [-0.1, -0.05) is 12.1 Å². The summed E-state index contributed by atoms with van der Waals surface area (Å²) in [4.78, 5) is 19.9. The number of rotatable bonds is 7. The van der Waals surface area contributed by atoms with Crippen LogP contribution < -0.4 is 19.7 Å². The summed E-state index contributed by atoms with van der Waals surface area (Å²) in [6, 6.07) is 13.9. The molecule has 0 unspecified atom stereocenters. The first-order valence-corrected chi connectivity index (χ1v) is 10.8. The molecule has 164 valence electrons. The molecule has 0 radical (unpaired) electrons. The van der Waals surface area contributed by atoms with Crippen molar-refractivity contribution < 1.29 is 14.3 Å². The summed E-state index contributed by atoms with van der Waals surface area (Å²) in [6.45, 7) is 5.13. The van der Waals surface area contributed by atoms with Gasteiger partial charge in [-0.3, -0.25) is 4.79 Å². The van der Waals surface area contributed by atoms with E-state index in [4.69, 9.17) is 14.5 Å². The Bertz CT molecular complexity index is 1030. The number of imidazole rings is 1. The van der Waals surface area contributed by atoms with Gasteiger partial charge in [-0.25, -0.2) is 4.98 Å². The van der Waals surface area contributed by atoms with Gasteiger partial charge in [0.05, 0.1) is 25.3 Å². The second-order valence-electron chi connectivity index (χ2n) is 7.84. The Hall–Kier alpha value is -3.22. The summed E-state index contributed by atoms with van der Waals surface area (Å²) < 4.78 is 12.9. The molecule has 0 aliphatic carbocycles. The van der Waals surface area contributed by atoms with Crippen molar-refractivity contribution in [2.45, 2.75) is 32.9 Å². The fourth-order valence-corrected chi connectivity index (χ4v) is 4.26. The van der Waals surface area contributed by atoms with E-state index < -0.39 is 0 Å². The second kappa shape index (κ2) is 9.29. The third-order valence-electron chi connectivity index (χ3n) is 5.98. The van der Waals surface area contributed by atoms with E-state index in [-0.39, 0.29) is 11.8 Å². The molecule has 0 saturated carbocycles. The number of aryl methyl sites for hydroxylation is 1. The van der Waals surface area contributed by atoms with E-state index in [1.54, 1.807) is 14.2 Å². The number of benzene rings is 2. The van der Waals surface area contributed by atoms with Crippen molar-refractivity contribution in [2.24, 2.45) is 5.92 Å². The van der Waals surface area contributed by atoms with Crippen molar-refractivity contribution in [3.63, 3.8) is 0 Å². The van der Waals surface area contributed by atoms with E-state index in [2.05, 4.69) is 39.9 Å². The monoisotopic (exact) mass is 422 g/mol. The molecule has 31 heavy (non-hydrogen) atoms. The second-order valence-corrected chi connectivity index (χ2v) is 7.84. The van der Waals surface area contributed by atoms with E-state index in [0.29, 0.717) is 6.54 Å². The van der Waals surface area contributed by atoms with Gasteiger partial charge in [0.15, 0.2) is 0 Å². The van der Waals surface area contributed by atoms with Gasteiger partial charge < -0.3 is 24.3 Å². The molecular formula is C24H30N4O3. The van der Waals surface area contributed by atoms with Crippen LogP contribution in [0.4, 0.5) is 5.95 Å². The fraction of sp³-hybridized carbons (Fsp3) is 0.417. The minimum Gasteiger partial charge on any atom is -0.497 e. The van der Waals surface area contributed by atoms with Crippen molar-refractivity contribution in [1.29, 1.82) is 0 Å². The fourth-order valence-electron chi connectivity index (χ4n) is 4.26. The molecule has 1 N–H and O–H groups in total. The molecule has 1 saturated heterocycles. The number of hydrogen-bond acceptors (Lipinski definition) is 5. The molecule has 2 heterocycles. The van der Waals surface area contributed by atoms with Crippen LogP contribution in [-0.4, -0.2) is 42.8 Å². The SMILES string of the molecule is CCn1c(N2CCC(C(=O)NCc3cc(OC)cc(OC)c3)CC2)nc2ccccc21. The Balaban J connectivity index is 1.36. The van der Waals surface area contributed by atoms with Crippen molar-refractivity contribution in [3.8, 4) is 11.5 Å². The molecule has 0 spiro atoms. The van der Waals surface area contributed by atoms with Gasteiger partial charge in [0.2, 0.25) is 11.9 Å². The van der Waals surface area contributed by atoms with Gasteiger partial charge in [-0.05, 0) is 49.6 Å². The maximum absolute atomic E-state index is 12.8. The lowest BCUT2D eigenvalue weighted by atomic mass is 9.96. The summed E-state index contributed by atoms with van der Waals surface area (Å²) >= 11 is 0. The highest BCUT2D eigenvalue weighted by Crippen LogP contribution is 2.27. The maximum Gasteiger partial charge on any atom is 0.223 e. The van der Waals surface area contributed by atoms with Crippen LogP contribution in [0.3, 0.4) is 0 Å². The van der Waals surface area contributed by atoms with E-state index in [0.717, 1.165) is 66.5 Å². The molecule has 1 aliphatic heterocycles. The Labute approximate surface area is 183 Å². The molecule has 0 bridgehead atoms. The molecule has 2 aromatic carbocycles.